The van der Waals surface area contributed by atoms with Crippen molar-refractivity contribution in [1.29, 1.82) is 0 Å². The zero-order valence-electron chi connectivity index (χ0n) is 11.1. The van der Waals surface area contributed by atoms with Crippen molar-refractivity contribution in [2.24, 2.45) is 0 Å². The van der Waals surface area contributed by atoms with Crippen LogP contribution in [0.4, 0.5) is 0 Å². The number of hydrogen-bond acceptors (Lipinski definition) is 2. The lowest BCUT2D eigenvalue weighted by Gasteiger charge is -2.26. The third-order valence-corrected chi connectivity index (χ3v) is 3.29. The summed E-state index contributed by atoms with van der Waals surface area (Å²) in [6.45, 7) is 7.44. The van der Waals surface area contributed by atoms with Crippen molar-refractivity contribution >= 4 is 11.6 Å². The lowest BCUT2D eigenvalue weighted by atomic mass is 9.83. The Bertz CT molecular complexity index is 363. The summed E-state index contributed by atoms with van der Waals surface area (Å²) in [6, 6.07) is 6.90. The molecule has 0 unspecified atom stereocenters. The molecule has 0 bridgehead atoms. The van der Waals surface area contributed by atoms with Gasteiger partial charge in [0.15, 0.2) is 0 Å². The lowest BCUT2D eigenvalue weighted by molar-refractivity contribution is 0.408. The van der Waals surface area contributed by atoms with Crippen molar-refractivity contribution < 1.29 is 4.74 Å². The molecule has 0 amide bonds. The van der Waals surface area contributed by atoms with Gasteiger partial charge in [-0.1, -0.05) is 32.9 Å². The van der Waals surface area contributed by atoms with Crippen molar-refractivity contribution in [3.05, 3.63) is 29.3 Å². The average molecular weight is 256 g/mol. The Morgan fingerprint density at radius 3 is 2.59 bits per heavy atom. The van der Waals surface area contributed by atoms with Crippen molar-refractivity contribution in [3.8, 4) is 5.75 Å². The van der Waals surface area contributed by atoms with Gasteiger partial charge in [-0.15, -0.1) is 11.6 Å². The summed E-state index contributed by atoms with van der Waals surface area (Å²) in [5, 5.41) is 3.19. The minimum Gasteiger partial charge on any atom is -0.496 e. The minimum atomic E-state index is 0.0745. The van der Waals surface area contributed by atoms with Gasteiger partial charge in [0.2, 0.25) is 0 Å². The Labute approximate surface area is 109 Å². The fraction of sp³-hybridized carbons (Fsp3) is 0.571. The molecule has 0 spiro atoms. The molecule has 0 radical (unpaired) electrons. The first kappa shape index (κ1) is 14.3. The lowest BCUT2D eigenvalue weighted by Crippen LogP contribution is -2.32. The van der Waals surface area contributed by atoms with E-state index in [2.05, 4.69) is 44.3 Å². The van der Waals surface area contributed by atoms with E-state index in [1.165, 1.54) is 11.1 Å². The van der Waals surface area contributed by atoms with E-state index >= 15 is 0 Å². The number of benzene rings is 1. The van der Waals surface area contributed by atoms with Crippen molar-refractivity contribution in [1.82, 2.24) is 5.32 Å². The minimum absolute atomic E-state index is 0.0745. The quantitative estimate of drug-likeness (QED) is 0.622. The zero-order chi connectivity index (χ0) is 12.9. The van der Waals surface area contributed by atoms with Crippen LogP contribution in [-0.2, 0) is 11.8 Å². The predicted molar refractivity (Wildman–Crippen MR) is 74.1 cm³/mol. The zero-order valence-corrected chi connectivity index (χ0v) is 11.9. The summed E-state index contributed by atoms with van der Waals surface area (Å²) in [7, 11) is 1.72. The Kier molecular flexibility index (Phi) is 5.29. The molecule has 0 aliphatic heterocycles. The first-order valence-electron chi connectivity index (χ1n) is 5.99. The van der Waals surface area contributed by atoms with E-state index in [1.807, 2.05) is 0 Å². The standard InChI is InChI=1S/C14H22ClNO/c1-5-11-8-12(6-7-13(11)17-4)14(2,3)9-16-10-15/h6-8,16H,5,9-10H2,1-4H3. The SMILES string of the molecule is CCc1cc(C(C)(C)CNCCl)ccc1OC. The van der Waals surface area contributed by atoms with Gasteiger partial charge in [-0.2, -0.15) is 0 Å². The Morgan fingerprint density at radius 2 is 2.06 bits per heavy atom. The van der Waals surface area contributed by atoms with Gasteiger partial charge in [-0.05, 0) is 23.6 Å². The summed E-state index contributed by atoms with van der Waals surface area (Å²) >= 11 is 5.67. The summed E-state index contributed by atoms with van der Waals surface area (Å²) in [4.78, 5) is 0. The van der Waals surface area contributed by atoms with Crippen LogP contribution in [0.1, 0.15) is 31.9 Å². The second-order valence-electron chi connectivity index (χ2n) is 4.82. The van der Waals surface area contributed by atoms with E-state index in [-0.39, 0.29) is 5.41 Å². The highest BCUT2D eigenvalue weighted by Crippen LogP contribution is 2.28. The van der Waals surface area contributed by atoms with Crippen LogP contribution in [0.25, 0.3) is 0 Å². The monoisotopic (exact) mass is 255 g/mol. The second kappa shape index (κ2) is 6.27. The van der Waals surface area contributed by atoms with Gasteiger partial charge in [0.1, 0.15) is 5.75 Å². The smallest absolute Gasteiger partial charge is 0.122 e. The number of aryl methyl sites for hydroxylation is 1. The second-order valence-corrected chi connectivity index (χ2v) is 5.09. The van der Waals surface area contributed by atoms with Gasteiger partial charge in [0, 0.05) is 12.0 Å². The summed E-state index contributed by atoms with van der Waals surface area (Å²) in [5.74, 6) is 0.970. The molecular formula is C14H22ClNO. The summed E-state index contributed by atoms with van der Waals surface area (Å²) < 4.78 is 5.35. The molecule has 2 nitrogen and oxygen atoms in total. The van der Waals surface area contributed by atoms with Crippen molar-refractivity contribution in [2.45, 2.75) is 32.6 Å². The Hall–Kier alpha value is -0.730. The Morgan fingerprint density at radius 1 is 1.35 bits per heavy atom. The van der Waals surface area contributed by atoms with Crippen molar-refractivity contribution in [3.63, 3.8) is 0 Å². The molecule has 1 N–H and O–H groups in total. The van der Waals surface area contributed by atoms with Crippen LogP contribution in [0.15, 0.2) is 18.2 Å². The molecule has 96 valence electrons. The van der Waals surface area contributed by atoms with Crippen LogP contribution in [0.2, 0.25) is 0 Å². The molecule has 0 saturated heterocycles. The van der Waals surface area contributed by atoms with Crippen LogP contribution in [0, 0.1) is 0 Å². The predicted octanol–water partition coefficient (Wildman–Crippen LogP) is 3.32. The maximum atomic E-state index is 5.67. The third kappa shape index (κ3) is 3.62. The summed E-state index contributed by atoms with van der Waals surface area (Å²) in [5.41, 5.74) is 2.64. The molecule has 0 atom stereocenters. The summed E-state index contributed by atoms with van der Waals surface area (Å²) in [6.07, 6.45) is 0.982. The molecular weight excluding hydrogens is 234 g/mol. The first-order chi connectivity index (χ1) is 8.05. The van der Waals surface area contributed by atoms with Gasteiger partial charge in [-0.3, -0.25) is 0 Å². The number of rotatable bonds is 6. The molecule has 0 fully saturated rings. The Balaban J connectivity index is 2.98. The van der Waals surface area contributed by atoms with E-state index in [9.17, 15) is 0 Å². The van der Waals surface area contributed by atoms with E-state index in [0.29, 0.717) is 6.00 Å². The fourth-order valence-corrected chi connectivity index (χ4v) is 2.03. The van der Waals surface area contributed by atoms with Crippen molar-refractivity contribution in [2.75, 3.05) is 19.7 Å². The number of hydrogen-bond donors (Lipinski definition) is 1. The van der Waals surface area contributed by atoms with E-state index in [4.69, 9.17) is 16.3 Å². The highest BCUT2D eigenvalue weighted by atomic mass is 35.5. The highest BCUT2D eigenvalue weighted by Gasteiger charge is 2.21. The first-order valence-corrected chi connectivity index (χ1v) is 6.52. The largest absolute Gasteiger partial charge is 0.496 e. The van der Waals surface area contributed by atoms with Gasteiger partial charge >= 0.3 is 0 Å². The van der Waals surface area contributed by atoms with Crippen LogP contribution in [-0.4, -0.2) is 19.7 Å². The van der Waals surface area contributed by atoms with Crippen LogP contribution in [0.3, 0.4) is 0 Å². The molecule has 0 heterocycles. The van der Waals surface area contributed by atoms with Crippen LogP contribution < -0.4 is 10.1 Å². The molecule has 3 heteroatoms. The molecule has 1 aromatic rings. The number of alkyl halides is 1. The van der Waals surface area contributed by atoms with E-state index in [0.717, 1.165) is 18.7 Å². The molecule has 1 rings (SSSR count). The highest BCUT2D eigenvalue weighted by molar-refractivity contribution is 6.17. The van der Waals surface area contributed by atoms with E-state index in [1.54, 1.807) is 7.11 Å². The fourth-order valence-electron chi connectivity index (χ4n) is 1.94. The topological polar surface area (TPSA) is 21.3 Å². The average Bonchev–Trinajstić information content (AvgIpc) is 2.35. The van der Waals surface area contributed by atoms with Gasteiger partial charge < -0.3 is 10.1 Å². The number of halogens is 1. The molecule has 0 aromatic heterocycles. The molecule has 1 aromatic carbocycles. The third-order valence-electron chi connectivity index (χ3n) is 3.10. The van der Waals surface area contributed by atoms with E-state index < -0.39 is 0 Å². The molecule has 0 aliphatic carbocycles. The van der Waals surface area contributed by atoms with Crippen LogP contribution >= 0.6 is 11.6 Å². The van der Waals surface area contributed by atoms with Gasteiger partial charge in [0.05, 0.1) is 13.1 Å². The molecule has 17 heavy (non-hydrogen) atoms. The number of ether oxygens (including phenoxy) is 1. The maximum absolute atomic E-state index is 5.67. The number of methoxy groups -OCH3 is 1. The van der Waals surface area contributed by atoms with Gasteiger partial charge in [0.25, 0.3) is 0 Å². The molecule has 0 aliphatic rings. The van der Waals surface area contributed by atoms with Crippen LogP contribution in [0.5, 0.6) is 5.75 Å². The maximum Gasteiger partial charge on any atom is 0.122 e. The molecule has 0 saturated carbocycles. The number of nitrogens with one attached hydrogen (secondary N) is 1. The van der Waals surface area contributed by atoms with Gasteiger partial charge in [-0.25, -0.2) is 0 Å². The normalized spacial score (nSPS) is 11.6.